The maximum Gasteiger partial charge on any atom is 0.336 e. The Morgan fingerprint density at radius 1 is 0.944 bits per heavy atom. The molecule has 0 aliphatic carbocycles. The van der Waals surface area contributed by atoms with Crippen molar-refractivity contribution in [2.24, 2.45) is 0 Å². The number of aryl methyl sites for hydroxylation is 1. The van der Waals surface area contributed by atoms with Crippen molar-refractivity contribution >= 4 is 11.8 Å². The molecule has 18 heavy (non-hydrogen) atoms. The maximum absolute atomic E-state index is 12.3. The molecule has 90 valence electrons. The lowest BCUT2D eigenvalue weighted by molar-refractivity contribution is 0.0693. The van der Waals surface area contributed by atoms with Gasteiger partial charge >= 0.3 is 5.97 Å². The largest absolute Gasteiger partial charge is 0.478 e. The van der Waals surface area contributed by atoms with Gasteiger partial charge in [-0.1, -0.05) is 42.0 Å². The predicted molar refractivity (Wildman–Crippen MR) is 68.0 cm³/mol. The fourth-order valence-corrected chi connectivity index (χ4v) is 1.78. The molecule has 0 saturated heterocycles. The van der Waals surface area contributed by atoms with Crippen molar-refractivity contribution < 1.29 is 14.7 Å². The summed E-state index contributed by atoms with van der Waals surface area (Å²) in [5.41, 5.74) is 1.62. The van der Waals surface area contributed by atoms with Gasteiger partial charge < -0.3 is 5.11 Å². The second-order valence-corrected chi connectivity index (χ2v) is 4.05. The van der Waals surface area contributed by atoms with Crippen molar-refractivity contribution in [3.05, 3.63) is 70.8 Å². The van der Waals surface area contributed by atoms with Crippen LogP contribution in [0.1, 0.15) is 31.8 Å². The van der Waals surface area contributed by atoms with Crippen LogP contribution in [0, 0.1) is 6.92 Å². The Hall–Kier alpha value is -2.42. The van der Waals surface area contributed by atoms with E-state index in [0.29, 0.717) is 5.56 Å². The Kier molecular flexibility index (Phi) is 3.24. The Bertz CT molecular complexity index is 600. The van der Waals surface area contributed by atoms with Crippen molar-refractivity contribution in [1.29, 1.82) is 0 Å². The zero-order chi connectivity index (χ0) is 13.1. The van der Waals surface area contributed by atoms with Gasteiger partial charge in [-0.05, 0) is 19.1 Å². The highest BCUT2D eigenvalue weighted by atomic mass is 16.4. The predicted octanol–water partition coefficient (Wildman–Crippen LogP) is 2.92. The summed E-state index contributed by atoms with van der Waals surface area (Å²) in [5, 5.41) is 9.10. The Morgan fingerprint density at radius 2 is 1.61 bits per heavy atom. The molecule has 2 rings (SSSR count). The van der Waals surface area contributed by atoms with Gasteiger partial charge in [0.2, 0.25) is 0 Å². The summed E-state index contributed by atoms with van der Waals surface area (Å²) in [6.45, 7) is 1.83. The zero-order valence-corrected chi connectivity index (χ0v) is 9.88. The molecule has 0 bridgehead atoms. The first-order chi connectivity index (χ1) is 8.59. The van der Waals surface area contributed by atoms with Gasteiger partial charge in [0.15, 0.2) is 5.78 Å². The van der Waals surface area contributed by atoms with Crippen LogP contribution in [0.4, 0.5) is 0 Å². The van der Waals surface area contributed by atoms with Crippen molar-refractivity contribution in [2.75, 3.05) is 0 Å². The minimum atomic E-state index is -1.09. The molecule has 0 aromatic heterocycles. The molecule has 0 atom stereocenters. The van der Waals surface area contributed by atoms with Gasteiger partial charge in [-0.15, -0.1) is 0 Å². The molecule has 0 amide bonds. The van der Waals surface area contributed by atoms with Gasteiger partial charge in [0.05, 0.1) is 5.56 Å². The number of carboxylic acid groups (broad SMARTS) is 1. The topological polar surface area (TPSA) is 54.4 Å². The van der Waals surface area contributed by atoms with Crippen LogP contribution in [0.25, 0.3) is 0 Å². The first-order valence-electron chi connectivity index (χ1n) is 5.53. The standard InChI is InChI=1S/C15H12O3/c1-10-7-8-12(15(17)18)13(9-10)14(16)11-5-3-2-4-6-11/h2-9H,1H3,(H,17,18). The van der Waals surface area contributed by atoms with Crippen LogP contribution >= 0.6 is 0 Å². The van der Waals surface area contributed by atoms with Crippen LogP contribution in [-0.4, -0.2) is 16.9 Å². The fraction of sp³-hybridized carbons (Fsp3) is 0.0667. The average Bonchev–Trinajstić information content (AvgIpc) is 2.38. The molecule has 0 aliphatic rings. The van der Waals surface area contributed by atoms with Gasteiger partial charge in [-0.3, -0.25) is 4.79 Å². The van der Waals surface area contributed by atoms with E-state index >= 15 is 0 Å². The number of rotatable bonds is 3. The quantitative estimate of drug-likeness (QED) is 0.839. The van der Waals surface area contributed by atoms with Crippen LogP contribution < -0.4 is 0 Å². The number of benzene rings is 2. The lowest BCUT2D eigenvalue weighted by Crippen LogP contribution is -2.10. The zero-order valence-electron chi connectivity index (χ0n) is 9.88. The summed E-state index contributed by atoms with van der Waals surface area (Å²) in [7, 11) is 0. The van der Waals surface area contributed by atoms with Crippen LogP contribution in [0.2, 0.25) is 0 Å². The van der Waals surface area contributed by atoms with Gasteiger partial charge in [0.25, 0.3) is 0 Å². The Morgan fingerprint density at radius 3 is 2.22 bits per heavy atom. The molecule has 0 saturated carbocycles. The first-order valence-corrected chi connectivity index (χ1v) is 5.53. The molecule has 1 N–H and O–H groups in total. The molecule has 3 heteroatoms. The number of hydrogen-bond acceptors (Lipinski definition) is 2. The van der Waals surface area contributed by atoms with E-state index in [1.807, 2.05) is 13.0 Å². The third kappa shape index (κ3) is 2.30. The molecule has 0 heterocycles. The summed E-state index contributed by atoms with van der Waals surface area (Å²) in [5.74, 6) is -1.36. The second-order valence-electron chi connectivity index (χ2n) is 4.05. The highest BCUT2D eigenvalue weighted by molar-refractivity contribution is 6.14. The first kappa shape index (κ1) is 12.0. The molecular formula is C15H12O3. The smallest absolute Gasteiger partial charge is 0.336 e. The third-order valence-electron chi connectivity index (χ3n) is 2.69. The highest BCUT2D eigenvalue weighted by Gasteiger charge is 2.17. The summed E-state index contributed by atoms with van der Waals surface area (Å²) >= 11 is 0. The fourth-order valence-electron chi connectivity index (χ4n) is 1.78. The summed E-state index contributed by atoms with van der Waals surface area (Å²) < 4.78 is 0. The minimum absolute atomic E-state index is 0.0365. The van der Waals surface area contributed by atoms with Crippen molar-refractivity contribution in [3.8, 4) is 0 Å². The Balaban J connectivity index is 2.54. The lowest BCUT2D eigenvalue weighted by atomic mass is 9.96. The summed E-state index contributed by atoms with van der Waals surface area (Å²) in [6, 6.07) is 13.4. The third-order valence-corrected chi connectivity index (χ3v) is 2.69. The number of aromatic carboxylic acids is 1. The van der Waals surface area contributed by atoms with E-state index in [-0.39, 0.29) is 16.9 Å². The van der Waals surface area contributed by atoms with Gasteiger partial charge in [-0.2, -0.15) is 0 Å². The van der Waals surface area contributed by atoms with E-state index in [4.69, 9.17) is 5.11 Å². The number of ketones is 1. The van der Waals surface area contributed by atoms with E-state index in [1.165, 1.54) is 6.07 Å². The number of carbonyl (C=O) groups excluding carboxylic acids is 1. The Labute approximate surface area is 105 Å². The monoisotopic (exact) mass is 240 g/mol. The molecule has 2 aromatic carbocycles. The minimum Gasteiger partial charge on any atom is -0.478 e. The molecule has 0 aliphatic heterocycles. The van der Waals surface area contributed by atoms with Crippen molar-refractivity contribution in [2.45, 2.75) is 6.92 Å². The second kappa shape index (κ2) is 4.84. The van der Waals surface area contributed by atoms with E-state index in [2.05, 4.69) is 0 Å². The molecule has 2 aromatic rings. The van der Waals surface area contributed by atoms with E-state index < -0.39 is 5.97 Å². The summed E-state index contributed by atoms with van der Waals surface area (Å²) in [4.78, 5) is 23.4. The normalized spacial score (nSPS) is 10.1. The highest BCUT2D eigenvalue weighted by Crippen LogP contribution is 2.16. The van der Waals surface area contributed by atoms with Crippen LogP contribution in [-0.2, 0) is 0 Å². The van der Waals surface area contributed by atoms with E-state index in [0.717, 1.165) is 5.56 Å². The molecule has 0 fully saturated rings. The van der Waals surface area contributed by atoms with Gasteiger partial charge in [-0.25, -0.2) is 4.79 Å². The van der Waals surface area contributed by atoms with E-state index in [9.17, 15) is 9.59 Å². The number of carbonyl (C=O) groups is 2. The SMILES string of the molecule is Cc1ccc(C(=O)O)c(C(=O)c2ccccc2)c1. The molecular weight excluding hydrogens is 228 g/mol. The van der Waals surface area contributed by atoms with Crippen LogP contribution in [0.15, 0.2) is 48.5 Å². The van der Waals surface area contributed by atoms with Crippen molar-refractivity contribution in [1.82, 2.24) is 0 Å². The van der Waals surface area contributed by atoms with Crippen molar-refractivity contribution in [3.63, 3.8) is 0 Å². The van der Waals surface area contributed by atoms with Crippen LogP contribution in [0.5, 0.6) is 0 Å². The molecule has 0 radical (unpaired) electrons. The lowest BCUT2D eigenvalue weighted by Gasteiger charge is -2.06. The number of hydrogen-bond donors (Lipinski definition) is 1. The van der Waals surface area contributed by atoms with Gasteiger partial charge in [0.1, 0.15) is 0 Å². The van der Waals surface area contributed by atoms with Crippen LogP contribution in [0.3, 0.4) is 0 Å². The molecule has 3 nitrogen and oxygen atoms in total. The van der Waals surface area contributed by atoms with Gasteiger partial charge in [0, 0.05) is 11.1 Å². The average molecular weight is 240 g/mol. The molecule has 0 spiro atoms. The summed E-state index contributed by atoms with van der Waals surface area (Å²) in [6.07, 6.45) is 0. The van der Waals surface area contributed by atoms with E-state index in [1.54, 1.807) is 36.4 Å². The number of carboxylic acids is 1. The maximum atomic E-state index is 12.3. The molecule has 0 unspecified atom stereocenters.